The minimum atomic E-state index is -3.87. The highest BCUT2D eigenvalue weighted by Crippen LogP contribution is 2.29. The fraction of sp³-hybridized carbons (Fsp3) is 0.545. The standard InChI is InChI=1S/C11H17NO5S2/c1-3-4-5-8(10(13)14)12-19(15,16)11-9(17-2)6-7-18-11/h6-8,12H,3-5H2,1-2H3,(H,13,14)/t8-/m0/s1. The summed E-state index contributed by atoms with van der Waals surface area (Å²) in [6, 6.07) is 0.415. The number of carbonyl (C=O) groups is 1. The molecule has 0 saturated carbocycles. The summed E-state index contributed by atoms with van der Waals surface area (Å²) in [5.41, 5.74) is 0. The van der Waals surface area contributed by atoms with Crippen molar-refractivity contribution < 1.29 is 23.1 Å². The summed E-state index contributed by atoms with van der Waals surface area (Å²) in [5.74, 6) is -0.954. The maximum absolute atomic E-state index is 12.1. The van der Waals surface area contributed by atoms with E-state index in [2.05, 4.69) is 4.72 Å². The number of carboxylic acids is 1. The van der Waals surface area contributed by atoms with E-state index in [1.165, 1.54) is 13.2 Å². The van der Waals surface area contributed by atoms with Crippen molar-refractivity contribution in [3.05, 3.63) is 11.4 Å². The molecule has 1 heterocycles. The van der Waals surface area contributed by atoms with Crippen LogP contribution in [0.2, 0.25) is 0 Å². The van der Waals surface area contributed by atoms with Crippen molar-refractivity contribution in [1.29, 1.82) is 0 Å². The average Bonchev–Trinajstić information content (AvgIpc) is 2.83. The number of sulfonamides is 1. The van der Waals surface area contributed by atoms with Crippen molar-refractivity contribution in [1.82, 2.24) is 4.72 Å². The van der Waals surface area contributed by atoms with Gasteiger partial charge in [-0.25, -0.2) is 8.42 Å². The van der Waals surface area contributed by atoms with Gasteiger partial charge < -0.3 is 9.84 Å². The molecule has 1 atom stereocenters. The molecule has 0 radical (unpaired) electrons. The van der Waals surface area contributed by atoms with Gasteiger partial charge in [0, 0.05) is 0 Å². The zero-order valence-corrected chi connectivity index (χ0v) is 12.4. The van der Waals surface area contributed by atoms with Gasteiger partial charge in [-0.3, -0.25) is 4.79 Å². The van der Waals surface area contributed by atoms with E-state index in [1.807, 2.05) is 6.92 Å². The van der Waals surface area contributed by atoms with E-state index in [0.29, 0.717) is 6.42 Å². The molecular weight excluding hydrogens is 290 g/mol. The summed E-state index contributed by atoms with van der Waals surface area (Å²) in [7, 11) is -2.50. The van der Waals surface area contributed by atoms with Gasteiger partial charge in [-0.1, -0.05) is 19.8 Å². The Hall–Kier alpha value is -1.12. The molecule has 0 unspecified atom stereocenters. The highest BCUT2D eigenvalue weighted by atomic mass is 32.2. The number of methoxy groups -OCH3 is 1. The third-order valence-electron chi connectivity index (χ3n) is 2.50. The van der Waals surface area contributed by atoms with Crippen LogP contribution in [-0.2, 0) is 14.8 Å². The molecule has 1 aromatic rings. The molecule has 0 aliphatic heterocycles. The van der Waals surface area contributed by atoms with Crippen molar-refractivity contribution in [2.45, 2.75) is 36.4 Å². The third kappa shape index (κ3) is 4.19. The van der Waals surface area contributed by atoms with Crippen LogP contribution < -0.4 is 9.46 Å². The van der Waals surface area contributed by atoms with Crippen LogP contribution in [0.5, 0.6) is 5.75 Å². The Morgan fingerprint density at radius 1 is 1.58 bits per heavy atom. The summed E-state index contributed by atoms with van der Waals surface area (Å²) < 4.78 is 31.4. The van der Waals surface area contributed by atoms with Gasteiger partial charge in [0.2, 0.25) is 0 Å². The predicted octanol–water partition coefficient (Wildman–Crippen LogP) is 1.68. The van der Waals surface area contributed by atoms with Gasteiger partial charge in [0.25, 0.3) is 10.0 Å². The number of unbranched alkanes of at least 4 members (excludes halogenated alkanes) is 1. The number of thiophene rings is 1. The molecule has 6 nitrogen and oxygen atoms in total. The third-order valence-corrected chi connectivity index (χ3v) is 5.42. The van der Waals surface area contributed by atoms with Crippen molar-refractivity contribution in [3.8, 4) is 5.75 Å². The molecule has 1 rings (SSSR count). The monoisotopic (exact) mass is 307 g/mol. The number of ether oxygens (including phenoxy) is 1. The first kappa shape index (κ1) is 15.9. The first-order chi connectivity index (χ1) is 8.92. The summed E-state index contributed by atoms with van der Waals surface area (Å²) in [5, 5.41) is 10.6. The van der Waals surface area contributed by atoms with Crippen LogP contribution in [0.15, 0.2) is 15.7 Å². The minimum absolute atomic E-state index is 0.00208. The molecule has 8 heteroatoms. The molecule has 0 aromatic carbocycles. The summed E-state index contributed by atoms with van der Waals surface area (Å²) in [6.45, 7) is 1.91. The van der Waals surface area contributed by atoms with E-state index in [1.54, 1.807) is 5.38 Å². The fourth-order valence-corrected chi connectivity index (χ4v) is 4.03. The maximum atomic E-state index is 12.1. The first-order valence-corrected chi connectivity index (χ1v) is 8.15. The van der Waals surface area contributed by atoms with E-state index in [9.17, 15) is 13.2 Å². The van der Waals surface area contributed by atoms with Crippen molar-refractivity contribution in [2.75, 3.05) is 7.11 Å². The van der Waals surface area contributed by atoms with Crippen LogP contribution in [0.4, 0.5) is 0 Å². The lowest BCUT2D eigenvalue weighted by Gasteiger charge is -2.14. The van der Waals surface area contributed by atoms with Crippen LogP contribution in [0.3, 0.4) is 0 Å². The number of aliphatic carboxylic acids is 1. The lowest BCUT2D eigenvalue weighted by Crippen LogP contribution is -2.40. The van der Waals surface area contributed by atoms with E-state index in [4.69, 9.17) is 9.84 Å². The van der Waals surface area contributed by atoms with Gasteiger partial charge >= 0.3 is 5.97 Å². The second kappa shape index (κ2) is 6.88. The zero-order valence-electron chi connectivity index (χ0n) is 10.8. The highest BCUT2D eigenvalue weighted by molar-refractivity contribution is 7.91. The summed E-state index contributed by atoms with van der Waals surface area (Å²) in [4.78, 5) is 11.1. The number of rotatable bonds is 8. The largest absolute Gasteiger partial charge is 0.494 e. The van der Waals surface area contributed by atoms with Crippen LogP contribution in [-0.4, -0.2) is 32.6 Å². The molecule has 19 heavy (non-hydrogen) atoms. The van der Waals surface area contributed by atoms with Gasteiger partial charge in [0.1, 0.15) is 11.8 Å². The van der Waals surface area contributed by atoms with Gasteiger partial charge in [-0.05, 0) is 17.9 Å². The van der Waals surface area contributed by atoms with E-state index >= 15 is 0 Å². The van der Waals surface area contributed by atoms with E-state index in [0.717, 1.165) is 17.8 Å². The molecule has 0 aliphatic carbocycles. The Balaban J connectivity index is 2.91. The van der Waals surface area contributed by atoms with Crippen molar-refractivity contribution in [3.63, 3.8) is 0 Å². The highest BCUT2D eigenvalue weighted by Gasteiger charge is 2.28. The number of hydrogen-bond donors (Lipinski definition) is 2. The number of carboxylic acid groups (broad SMARTS) is 1. The topological polar surface area (TPSA) is 92.7 Å². The van der Waals surface area contributed by atoms with Crippen LogP contribution in [0, 0.1) is 0 Å². The second-order valence-electron chi connectivity index (χ2n) is 3.93. The molecule has 0 aliphatic rings. The quantitative estimate of drug-likeness (QED) is 0.762. The first-order valence-electron chi connectivity index (χ1n) is 5.79. The molecule has 0 fully saturated rings. The Kier molecular flexibility index (Phi) is 5.77. The SMILES string of the molecule is CCCC[C@H](NS(=O)(=O)c1sccc1OC)C(=O)O. The summed E-state index contributed by atoms with van der Waals surface area (Å²) >= 11 is 0.990. The fourth-order valence-electron chi connectivity index (χ4n) is 1.51. The normalized spacial score (nSPS) is 13.2. The van der Waals surface area contributed by atoms with Gasteiger partial charge in [-0.2, -0.15) is 4.72 Å². The zero-order chi connectivity index (χ0) is 14.5. The summed E-state index contributed by atoms with van der Waals surface area (Å²) in [6.07, 6.45) is 1.70. The van der Waals surface area contributed by atoms with E-state index < -0.39 is 22.0 Å². The Bertz CT molecular complexity index is 523. The lowest BCUT2D eigenvalue weighted by atomic mass is 10.1. The molecule has 108 valence electrons. The maximum Gasteiger partial charge on any atom is 0.321 e. The minimum Gasteiger partial charge on any atom is -0.494 e. The number of hydrogen-bond acceptors (Lipinski definition) is 5. The molecule has 0 spiro atoms. The van der Waals surface area contributed by atoms with Crippen LogP contribution >= 0.6 is 11.3 Å². The average molecular weight is 307 g/mol. The Labute approximate surface area is 116 Å². The molecule has 0 saturated heterocycles. The van der Waals surface area contributed by atoms with Gasteiger partial charge in [0.15, 0.2) is 4.21 Å². The van der Waals surface area contributed by atoms with Crippen molar-refractivity contribution in [2.24, 2.45) is 0 Å². The van der Waals surface area contributed by atoms with Crippen LogP contribution in [0.25, 0.3) is 0 Å². The second-order valence-corrected chi connectivity index (χ2v) is 6.76. The van der Waals surface area contributed by atoms with Crippen molar-refractivity contribution >= 4 is 27.3 Å². The van der Waals surface area contributed by atoms with Gasteiger partial charge in [0.05, 0.1) is 7.11 Å². The molecule has 0 bridgehead atoms. The van der Waals surface area contributed by atoms with Gasteiger partial charge in [-0.15, -0.1) is 11.3 Å². The smallest absolute Gasteiger partial charge is 0.321 e. The van der Waals surface area contributed by atoms with Crippen LogP contribution in [0.1, 0.15) is 26.2 Å². The lowest BCUT2D eigenvalue weighted by molar-refractivity contribution is -0.139. The molecule has 2 N–H and O–H groups in total. The number of nitrogens with one attached hydrogen (secondary N) is 1. The molecule has 0 amide bonds. The molecular formula is C11H17NO5S2. The Morgan fingerprint density at radius 3 is 2.79 bits per heavy atom. The Morgan fingerprint density at radius 2 is 2.26 bits per heavy atom. The predicted molar refractivity (Wildman–Crippen MR) is 72.1 cm³/mol. The van der Waals surface area contributed by atoms with E-state index in [-0.39, 0.29) is 16.4 Å². The molecule has 1 aromatic heterocycles.